The van der Waals surface area contributed by atoms with Crippen LogP contribution in [-0.2, 0) is 19.1 Å². The minimum atomic E-state index is -0.473. The second-order valence-electron chi connectivity index (χ2n) is 5.85. The molecule has 0 unspecified atom stereocenters. The van der Waals surface area contributed by atoms with Gasteiger partial charge < -0.3 is 14.8 Å². The van der Waals surface area contributed by atoms with Gasteiger partial charge in [0.05, 0.1) is 12.2 Å². The highest BCUT2D eigenvalue weighted by molar-refractivity contribution is 7.16. The van der Waals surface area contributed by atoms with Crippen LogP contribution in [0.2, 0.25) is 0 Å². The maximum atomic E-state index is 12.0. The molecule has 0 saturated carbocycles. The van der Waals surface area contributed by atoms with E-state index in [0.717, 1.165) is 16.9 Å². The van der Waals surface area contributed by atoms with Gasteiger partial charge in [-0.3, -0.25) is 9.59 Å². The minimum Gasteiger partial charge on any atom is -0.462 e. The molecule has 0 radical (unpaired) electrons. The lowest BCUT2D eigenvalue weighted by molar-refractivity contribution is -0.147. The molecule has 0 spiro atoms. The van der Waals surface area contributed by atoms with Gasteiger partial charge in [0.25, 0.3) is 5.91 Å². The Balaban J connectivity index is 2.66. The molecular formula is C17H25NO5S. The summed E-state index contributed by atoms with van der Waals surface area (Å²) in [6, 6.07) is 0. The Morgan fingerprint density at radius 1 is 1.17 bits per heavy atom. The lowest BCUT2D eigenvalue weighted by Gasteiger charge is -2.08. The number of hydrogen-bond acceptors (Lipinski definition) is 6. The first kappa shape index (κ1) is 20.2. The van der Waals surface area contributed by atoms with Gasteiger partial charge in [0.15, 0.2) is 6.61 Å². The molecule has 1 aromatic rings. The van der Waals surface area contributed by atoms with Crippen molar-refractivity contribution >= 4 is 34.2 Å². The predicted octanol–water partition coefficient (Wildman–Crippen LogP) is 3.46. The summed E-state index contributed by atoms with van der Waals surface area (Å²) in [7, 11) is 0. The molecule has 0 fully saturated rings. The molecule has 1 aromatic heterocycles. The van der Waals surface area contributed by atoms with Crippen molar-refractivity contribution in [1.82, 2.24) is 0 Å². The first-order valence-electron chi connectivity index (χ1n) is 7.98. The molecule has 24 heavy (non-hydrogen) atoms. The predicted molar refractivity (Wildman–Crippen MR) is 93.4 cm³/mol. The highest BCUT2D eigenvalue weighted by Crippen LogP contribution is 2.33. The Morgan fingerprint density at radius 3 is 2.42 bits per heavy atom. The topological polar surface area (TPSA) is 81.7 Å². The van der Waals surface area contributed by atoms with Crippen LogP contribution in [0.15, 0.2) is 0 Å². The van der Waals surface area contributed by atoms with Crippen LogP contribution in [0.4, 0.5) is 5.00 Å². The summed E-state index contributed by atoms with van der Waals surface area (Å²) in [6.45, 7) is 9.31. The van der Waals surface area contributed by atoms with Gasteiger partial charge in [-0.15, -0.1) is 11.3 Å². The number of nitrogens with one attached hydrogen (secondary N) is 1. The number of carbonyl (C=O) groups is 3. The zero-order valence-electron chi connectivity index (χ0n) is 14.9. The SMILES string of the molecule is CCOC(=O)c1c(NC(=O)COC(=O)CCC(C)C)sc(C)c1C. The number of hydrogen-bond donors (Lipinski definition) is 1. The van der Waals surface area contributed by atoms with Crippen LogP contribution in [0, 0.1) is 19.8 Å². The Labute approximate surface area is 146 Å². The molecule has 0 saturated heterocycles. The van der Waals surface area contributed by atoms with Crippen LogP contribution in [0.5, 0.6) is 0 Å². The van der Waals surface area contributed by atoms with Crippen molar-refractivity contribution in [2.24, 2.45) is 5.92 Å². The smallest absolute Gasteiger partial charge is 0.341 e. The van der Waals surface area contributed by atoms with Gasteiger partial charge in [-0.1, -0.05) is 13.8 Å². The monoisotopic (exact) mass is 355 g/mol. The molecule has 1 rings (SSSR count). The van der Waals surface area contributed by atoms with Gasteiger partial charge in [-0.2, -0.15) is 0 Å². The van der Waals surface area contributed by atoms with Gasteiger partial charge >= 0.3 is 11.9 Å². The second kappa shape index (κ2) is 9.42. The number of ether oxygens (including phenoxy) is 2. The average Bonchev–Trinajstić information content (AvgIpc) is 2.77. The summed E-state index contributed by atoms with van der Waals surface area (Å²) in [6.07, 6.45) is 1.01. The van der Waals surface area contributed by atoms with Gasteiger partial charge in [-0.25, -0.2) is 4.79 Å². The fourth-order valence-corrected chi connectivity index (χ4v) is 3.02. The van der Waals surface area contributed by atoms with Crippen molar-refractivity contribution in [1.29, 1.82) is 0 Å². The molecule has 1 amide bonds. The Kier molecular flexibility index (Phi) is 7.91. The summed E-state index contributed by atoms with van der Waals surface area (Å²) in [5.41, 5.74) is 1.14. The van der Waals surface area contributed by atoms with E-state index >= 15 is 0 Å². The molecule has 7 heteroatoms. The second-order valence-corrected chi connectivity index (χ2v) is 7.07. The van der Waals surface area contributed by atoms with Crippen molar-refractivity contribution in [2.75, 3.05) is 18.5 Å². The van der Waals surface area contributed by atoms with Crippen molar-refractivity contribution in [2.45, 2.75) is 47.5 Å². The van der Waals surface area contributed by atoms with E-state index in [0.29, 0.717) is 16.5 Å². The average molecular weight is 355 g/mol. The summed E-state index contributed by atoms with van der Waals surface area (Å²) in [5, 5.41) is 3.06. The fourth-order valence-electron chi connectivity index (χ4n) is 1.95. The fraction of sp³-hybridized carbons (Fsp3) is 0.588. The number of aryl methyl sites for hydroxylation is 1. The molecule has 0 atom stereocenters. The zero-order valence-corrected chi connectivity index (χ0v) is 15.7. The Bertz CT molecular complexity index is 606. The third-order valence-electron chi connectivity index (χ3n) is 3.41. The first-order chi connectivity index (χ1) is 11.3. The number of thiophene rings is 1. The third kappa shape index (κ3) is 5.96. The van der Waals surface area contributed by atoms with E-state index in [2.05, 4.69) is 5.32 Å². The molecule has 6 nitrogen and oxygen atoms in total. The summed E-state index contributed by atoms with van der Waals surface area (Å²) >= 11 is 1.30. The number of amides is 1. The molecule has 1 N–H and O–H groups in total. The van der Waals surface area contributed by atoms with Crippen molar-refractivity contribution in [3.05, 3.63) is 16.0 Å². The number of esters is 2. The van der Waals surface area contributed by atoms with E-state index in [1.807, 2.05) is 20.8 Å². The lowest BCUT2D eigenvalue weighted by Crippen LogP contribution is -2.21. The lowest BCUT2D eigenvalue weighted by atomic mass is 10.1. The van der Waals surface area contributed by atoms with E-state index in [4.69, 9.17) is 9.47 Å². The van der Waals surface area contributed by atoms with Crippen LogP contribution in [0.3, 0.4) is 0 Å². The van der Waals surface area contributed by atoms with Crippen LogP contribution < -0.4 is 5.32 Å². The van der Waals surface area contributed by atoms with Crippen LogP contribution in [-0.4, -0.2) is 31.1 Å². The third-order valence-corrected chi connectivity index (χ3v) is 4.53. The standard InChI is InChI=1S/C17H25NO5S/c1-6-22-17(21)15-11(4)12(5)24-16(15)18-13(19)9-23-14(20)8-7-10(2)3/h10H,6-9H2,1-5H3,(H,18,19). The molecule has 0 aliphatic heterocycles. The summed E-state index contributed by atoms with van der Waals surface area (Å²) < 4.78 is 9.98. The molecule has 0 aliphatic rings. The molecule has 0 bridgehead atoms. The van der Waals surface area contributed by atoms with Crippen molar-refractivity contribution in [3.63, 3.8) is 0 Å². The van der Waals surface area contributed by atoms with Crippen molar-refractivity contribution < 1.29 is 23.9 Å². The number of anilines is 1. The minimum absolute atomic E-state index is 0.258. The molecule has 0 aliphatic carbocycles. The van der Waals surface area contributed by atoms with Crippen molar-refractivity contribution in [3.8, 4) is 0 Å². The normalized spacial score (nSPS) is 10.6. The van der Waals surface area contributed by atoms with Gasteiger partial charge in [-0.05, 0) is 38.7 Å². The Hall–Kier alpha value is -1.89. The van der Waals surface area contributed by atoms with Crippen LogP contribution in [0.25, 0.3) is 0 Å². The maximum absolute atomic E-state index is 12.0. The summed E-state index contributed by atoms with van der Waals surface area (Å²) in [4.78, 5) is 36.5. The molecular weight excluding hydrogens is 330 g/mol. The largest absolute Gasteiger partial charge is 0.462 e. The maximum Gasteiger partial charge on any atom is 0.341 e. The number of rotatable bonds is 8. The van der Waals surface area contributed by atoms with E-state index in [-0.39, 0.29) is 19.6 Å². The molecule has 0 aromatic carbocycles. The van der Waals surface area contributed by atoms with E-state index in [1.165, 1.54) is 11.3 Å². The van der Waals surface area contributed by atoms with E-state index < -0.39 is 17.8 Å². The van der Waals surface area contributed by atoms with Crippen LogP contribution in [0.1, 0.15) is 54.4 Å². The number of carbonyl (C=O) groups excluding carboxylic acids is 3. The van der Waals surface area contributed by atoms with E-state index in [9.17, 15) is 14.4 Å². The highest BCUT2D eigenvalue weighted by Gasteiger charge is 2.22. The Morgan fingerprint density at radius 2 is 1.83 bits per heavy atom. The highest BCUT2D eigenvalue weighted by atomic mass is 32.1. The summed E-state index contributed by atoms with van der Waals surface area (Å²) in [5.74, 6) is -0.943. The zero-order chi connectivity index (χ0) is 18.3. The first-order valence-corrected chi connectivity index (χ1v) is 8.80. The van der Waals surface area contributed by atoms with Gasteiger partial charge in [0.1, 0.15) is 5.00 Å². The molecule has 1 heterocycles. The van der Waals surface area contributed by atoms with Gasteiger partial charge in [0.2, 0.25) is 0 Å². The quantitative estimate of drug-likeness (QED) is 0.722. The molecule has 134 valence electrons. The van der Waals surface area contributed by atoms with Gasteiger partial charge in [0, 0.05) is 11.3 Å². The van der Waals surface area contributed by atoms with E-state index in [1.54, 1.807) is 13.8 Å². The van der Waals surface area contributed by atoms with Crippen LogP contribution >= 0.6 is 11.3 Å².